The minimum Gasteiger partial charge on any atom is -0.326 e. The number of rotatable bonds is 4. The van der Waals surface area contributed by atoms with Crippen molar-refractivity contribution < 1.29 is 14.0 Å². The third-order valence-electron chi connectivity index (χ3n) is 5.92. The van der Waals surface area contributed by atoms with E-state index in [1.807, 2.05) is 36.9 Å². The van der Waals surface area contributed by atoms with Crippen molar-refractivity contribution >= 4 is 39.1 Å². The predicted molar refractivity (Wildman–Crippen MR) is 122 cm³/mol. The summed E-state index contributed by atoms with van der Waals surface area (Å²) in [5, 5.41) is 5.67. The lowest BCUT2D eigenvalue weighted by Gasteiger charge is -2.36. The zero-order chi connectivity index (χ0) is 22.2. The fourth-order valence-electron chi connectivity index (χ4n) is 3.95. The molecule has 2 N–H and O–H groups in total. The molecule has 0 aliphatic carbocycles. The maximum atomic E-state index is 13.9. The van der Waals surface area contributed by atoms with E-state index in [1.165, 1.54) is 17.7 Å². The molecule has 2 aromatic carbocycles. The Labute approximate surface area is 189 Å². The fourth-order valence-corrected chi connectivity index (χ4v) is 4.28. The third-order valence-corrected chi connectivity index (χ3v) is 6.42. The number of nitrogens with zero attached hydrogens (tertiary/aromatic N) is 2. The summed E-state index contributed by atoms with van der Waals surface area (Å²) in [6.07, 6.45) is 1.24. The van der Waals surface area contributed by atoms with Crippen LogP contribution < -0.4 is 10.6 Å². The number of anilines is 1. The van der Waals surface area contributed by atoms with Gasteiger partial charge in [-0.3, -0.25) is 19.5 Å². The van der Waals surface area contributed by atoms with Crippen LogP contribution in [0.4, 0.5) is 10.1 Å². The van der Waals surface area contributed by atoms with Crippen LogP contribution in [0, 0.1) is 19.7 Å². The van der Waals surface area contributed by atoms with Crippen LogP contribution in [-0.4, -0.2) is 47.7 Å². The molecular weight excluding hydrogens is 463 g/mol. The normalized spacial score (nSPS) is 18.1. The van der Waals surface area contributed by atoms with Crippen molar-refractivity contribution in [2.45, 2.75) is 32.4 Å². The van der Waals surface area contributed by atoms with Gasteiger partial charge in [0.1, 0.15) is 17.2 Å². The minimum absolute atomic E-state index is 0.153. The van der Waals surface area contributed by atoms with E-state index in [9.17, 15) is 14.0 Å². The highest BCUT2D eigenvalue weighted by atomic mass is 79.9. The van der Waals surface area contributed by atoms with Crippen LogP contribution in [0.1, 0.15) is 29.5 Å². The SMILES string of the molecule is Cc1ccc(C2=NC3(CCN(CC(=O)Nc4ccc(Br)cc4F)CC3)NC2=O)cc1C. The number of amides is 2. The molecule has 2 aliphatic rings. The molecule has 0 unspecified atom stereocenters. The van der Waals surface area contributed by atoms with E-state index in [-0.39, 0.29) is 24.0 Å². The van der Waals surface area contributed by atoms with Crippen LogP contribution in [0.2, 0.25) is 0 Å². The van der Waals surface area contributed by atoms with Crippen molar-refractivity contribution in [1.82, 2.24) is 10.2 Å². The monoisotopic (exact) mass is 486 g/mol. The predicted octanol–water partition coefficient (Wildman–Crippen LogP) is 3.55. The molecule has 2 amide bonds. The number of aliphatic imine (C=N–C) groups is 1. The molecule has 2 aromatic rings. The maximum absolute atomic E-state index is 13.9. The van der Waals surface area contributed by atoms with Gasteiger partial charge in [-0.25, -0.2) is 4.39 Å². The number of aryl methyl sites for hydroxylation is 2. The third kappa shape index (κ3) is 4.70. The van der Waals surface area contributed by atoms with Gasteiger partial charge >= 0.3 is 0 Å². The van der Waals surface area contributed by atoms with Gasteiger partial charge in [0.25, 0.3) is 5.91 Å². The van der Waals surface area contributed by atoms with Crippen molar-refractivity contribution in [2.75, 3.05) is 25.0 Å². The number of hydrogen-bond donors (Lipinski definition) is 2. The van der Waals surface area contributed by atoms with Gasteiger partial charge in [0.2, 0.25) is 5.91 Å². The van der Waals surface area contributed by atoms with Crippen molar-refractivity contribution in [2.24, 2.45) is 4.99 Å². The first kappa shape index (κ1) is 21.6. The molecule has 1 spiro atoms. The molecule has 0 atom stereocenters. The van der Waals surface area contributed by atoms with Crippen LogP contribution in [0.5, 0.6) is 0 Å². The van der Waals surface area contributed by atoms with Crippen LogP contribution in [0.25, 0.3) is 0 Å². The van der Waals surface area contributed by atoms with E-state index in [1.54, 1.807) is 6.07 Å². The highest BCUT2D eigenvalue weighted by Crippen LogP contribution is 2.29. The first-order valence-electron chi connectivity index (χ1n) is 10.2. The van der Waals surface area contributed by atoms with E-state index >= 15 is 0 Å². The lowest BCUT2D eigenvalue weighted by atomic mass is 9.98. The fraction of sp³-hybridized carbons (Fsp3) is 0.348. The van der Waals surface area contributed by atoms with Crippen LogP contribution >= 0.6 is 15.9 Å². The summed E-state index contributed by atoms with van der Waals surface area (Å²) in [5.41, 5.74) is 3.14. The standard InChI is InChI=1S/C23H24BrFN4O2/c1-14-3-4-16(11-15(14)2)21-22(31)28-23(27-21)7-9-29(10-8-23)13-20(30)26-19-6-5-17(24)12-18(19)25/h3-6,11-12H,7-10,13H2,1-2H3,(H,26,30)(H,28,31). The largest absolute Gasteiger partial charge is 0.326 e. The summed E-state index contributed by atoms with van der Waals surface area (Å²) in [7, 11) is 0. The summed E-state index contributed by atoms with van der Waals surface area (Å²) in [6, 6.07) is 10.4. The molecule has 8 heteroatoms. The van der Waals surface area contributed by atoms with E-state index in [4.69, 9.17) is 4.99 Å². The molecule has 2 aliphatic heterocycles. The number of nitrogens with one attached hydrogen (secondary N) is 2. The number of piperidine rings is 1. The number of hydrogen-bond acceptors (Lipinski definition) is 4. The summed E-state index contributed by atoms with van der Waals surface area (Å²) in [4.78, 5) is 31.7. The van der Waals surface area contributed by atoms with Gasteiger partial charge in [-0.05, 0) is 49.2 Å². The Hall–Kier alpha value is -2.58. The molecule has 0 radical (unpaired) electrons. The molecule has 0 aromatic heterocycles. The quantitative estimate of drug-likeness (QED) is 0.693. The second kappa shape index (κ2) is 8.51. The van der Waals surface area contributed by atoms with E-state index in [2.05, 4.69) is 26.6 Å². The number of carbonyl (C=O) groups is 2. The molecule has 0 bridgehead atoms. The van der Waals surface area contributed by atoms with Gasteiger partial charge in [-0.1, -0.05) is 28.1 Å². The summed E-state index contributed by atoms with van der Waals surface area (Å²) < 4.78 is 14.6. The van der Waals surface area contributed by atoms with E-state index in [0.29, 0.717) is 36.1 Å². The first-order chi connectivity index (χ1) is 14.7. The number of carbonyl (C=O) groups excluding carboxylic acids is 2. The van der Waals surface area contributed by atoms with E-state index in [0.717, 1.165) is 11.1 Å². The zero-order valence-electron chi connectivity index (χ0n) is 17.5. The molecule has 1 fully saturated rings. The average molecular weight is 487 g/mol. The Morgan fingerprint density at radius 2 is 1.94 bits per heavy atom. The van der Waals surface area contributed by atoms with Crippen molar-refractivity contribution in [1.29, 1.82) is 0 Å². The maximum Gasteiger partial charge on any atom is 0.272 e. The molecule has 31 heavy (non-hydrogen) atoms. The lowest BCUT2D eigenvalue weighted by Crippen LogP contribution is -2.52. The number of benzene rings is 2. The average Bonchev–Trinajstić information content (AvgIpc) is 3.04. The van der Waals surface area contributed by atoms with Crippen molar-refractivity contribution in [3.05, 3.63) is 63.4 Å². The molecule has 6 nitrogen and oxygen atoms in total. The molecule has 162 valence electrons. The smallest absolute Gasteiger partial charge is 0.272 e. The Morgan fingerprint density at radius 1 is 1.19 bits per heavy atom. The molecule has 1 saturated heterocycles. The van der Waals surface area contributed by atoms with Gasteiger partial charge < -0.3 is 10.6 Å². The lowest BCUT2D eigenvalue weighted by molar-refractivity contribution is -0.119. The zero-order valence-corrected chi connectivity index (χ0v) is 19.1. The Kier molecular flexibility index (Phi) is 5.94. The van der Waals surface area contributed by atoms with Gasteiger partial charge in [0, 0.05) is 36.0 Å². The number of halogens is 2. The summed E-state index contributed by atoms with van der Waals surface area (Å²) in [6.45, 7) is 5.44. The van der Waals surface area contributed by atoms with Crippen LogP contribution in [0.15, 0.2) is 45.9 Å². The molecular formula is C23H24BrFN4O2. The van der Waals surface area contributed by atoms with Crippen LogP contribution in [0.3, 0.4) is 0 Å². The van der Waals surface area contributed by atoms with Crippen molar-refractivity contribution in [3.63, 3.8) is 0 Å². The van der Waals surface area contributed by atoms with E-state index < -0.39 is 11.5 Å². The highest BCUT2D eigenvalue weighted by Gasteiger charge is 2.42. The van der Waals surface area contributed by atoms with Crippen molar-refractivity contribution in [3.8, 4) is 0 Å². The number of likely N-dealkylation sites (tertiary alicyclic amines) is 1. The van der Waals surface area contributed by atoms with Gasteiger partial charge in [-0.15, -0.1) is 0 Å². The first-order valence-corrected chi connectivity index (χ1v) is 11.0. The summed E-state index contributed by atoms with van der Waals surface area (Å²) >= 11 is 3.20. The molecule has 4 rings (SSSR count). The Bertz CT molecular complexity index is 1080. The second-order valence-electron chi connectivity index (χ2n) is 8.19. The topological polar surface area (TPSA) is 73.8 Å². The highest BCUT2D eigenvalue weighted by molar-refractivity contribution is 9.10. The molecule has 0 saturated carbocycles. The van der Waals surface area contributed by atoms with Gasteiger partial charge in [0.05, 0.1) is 12.2 Å². The second-order valence-corrected chi connectivity index (χ2v) is 9.11. The van der Waals surface area contributed by atoms with Crippen LogP contribution in [-0.2, 0) is 9.59 Å². The molecule has 2 heterocycles. The Balaban J connectivity index is 1.37. The van der Waals surface area contributed by atoms with Gasteiger partial charge in [-0.2, -0.15) is 0 Å². The van der Waals surface area contributed by atoms with Gasteiger partial charge in [0.15, 0.2) is 0 Å². The minimum atomic E-state index is -0.615. The Morgan fingerprint density at radius 3 is 2.61 bits per heavy atom. The summed E-state index contributed by atoms with van der Waals surface area (Å²) in [5.74, 6) is -0.908.